The average molecular weight is 542 g/mol. The van der Waals surface area contributed by atoms with Crippen molar-refractivity contribution in [2.24, 2.45) is 10.4 Å². The van der Waals surface area contributed by atoms with Gasteiger partial charge in [0.25, 0.3) is 5.91 Å². The molecule has 3 aromatic rings. The number of rotatable bonds is 4. The lowest BCUT2D eigenvalue weighted by Crippen LogP contribution is -2.44. The lowest BCUT2D eigenvalue weighted by atomic mass is 9.80. The average Bonchev–Trinajstić information content (AvgIpc) is 3.49. The summed E-state index contributed by atoms with van der Waals surface area (Å²) in [5.74, 6) is -1.19. The Morgan fingerprint density at radius 3 is 2.55 bits per heavy atom. The van der Waals surface area contributed by atoms with Crippen molar-refractivity contribution in [1.82, 2.24) is 14.9 Å². The van der Waals surface area contributed by atoms with E-state index in [1.165, 1.54) is 17.0 Å². The van der Waals surface area contributed by atoms with Crippen LogP contribution in [-0.2, 0) is 33.5 Å². The van der Waals surface area contributed by atoms with Crippen molar-refractivity contribution >= 4 is 29.4 Å². The maximum absolute atomic E-state index is 14.2. The first-order valence-corrected chi connectivity index (χ1v) is 13.2. The van der Waals surface area contributed by atoms with E-state index in [-0.39, 0.29) is 23.9 Å². The molecular weight excluding hydrogens is 512 g/mol. The molecule has 3 aliphatic rings. The number of aromatic nitrogens is 2. The molecular formula is C31H29F2N5O2. The zero-order valence-corrected chi connectivity index (χ0v) is 22.8. The van der Waals surface area contributed by atoms with Crippen LogP contribution in [0.3, 0.4) is 0 Å². The summed E-state index contributed by atoms with van der Waals surface area (Å²) in [6.45, 7) is 7.52. The first-order valence-electron chi connectivity index (χ1n) is 13.2. The number of carbonyl (C=O) groups is 2. The SMILES string of the molecule is CC(C)(C)C1=N[C@@](C)(c2cc(F)cc(F)c2)N(CC=Cc2cnc3c(c2)CC2(C3)C(=O)Nc3ncccc32)C1=O. The summed E-state index contributed by atoms with van der Waals surface area (Å²) >= 11 is 0. The molecule has 204 valence electrons. The number of pyridine rings is 2. The molecule has 40 heavy (non-hydrogen) atoms. The van der Waals surface area contributed by atoms with Crippen molar-refractivity contribution in [2.75, 3.05) is 11.9 Å². The second-order valence-electron chi connectivity index (χ2n) is 11.9. The highest BCUT2D eigenvalue weighted by atomic mass is 19.1. The van der Waals surface area contributed by atoms with Gasteiger partial charge in [0, 0.05) is 53.7 Å². The number of halogens is 2. The maximum Gasteiger partial charge on any atom is 0.270 e. The number of fused-ring (bicyclic) bond motifs is 3. The second kappa shape index (κ2) is 8.87. The number of anilines is 1. The molecule has 1 unspecified atom stereocenters. The minimum absolute atomic E-state index is 0.0634. The van der Waals surface area contributed by atoms with E-state index in [1.807, 2.05) is 51.1 Å². The Labute approximate surface area is 231 Å². The zero-order valence-electron chi connectivity index (χ0n) is 22.8. The highest BCUT2D eigenvalue weighted by Crippen LogP contribution is 2.46. The fourth-order valence-electron chi connectivity index (χ4n) is 5.97. The van der Waals surface area contributed by atoms with Crippen molar-refractivity contribution in [1.29, 1.82) is 0 Å². The fourth-order valence-corrected chi connectivity index (χ4v) is 5.97. The molecule has 1 spiro atoms. The Bertz CT molecular complexity index is 1620. The van der Waals surface area contributed by atoms with Gasteiger partial charge in [-0.25, -0.2) is 13.8 Å². The van der Waals surface area contributed by atoms with Gasteiger partial charge in [0.1, 0.15) is 23.2 Å². The van der Waals surface area contributed by atoms with E-state index >= 15 is 0 Å². The van der Waals surface area contributed by atoms with Crippen LogP contribution >= 0.6 is 0 Å². The lowest BCUT2D eigenvalue weighted by molar-refractivity contribution is -0.127. The topological polar surface area (TPSA) is 87.6 Å². The number of benzene rings is 1. The van der Waals surface area contributed by atoms with Gasteiger partial charge in [0.2, 0.25) is 5.91 Å². The highest BCUT2D eigenvalue weighted by Gasteiger charge is 2.52. The number of nitrogens with one attached hydrogen (secondary N) is 1. The minimum Gasteiger partial charge on any atom is -0.310 e. The monoisotopic (exact) mass is 541 g/mol. The van der Waals surface area contributed by atoms with Crippen molar-refractivity contribution in [3.8, 4) is 0 Å². The van der Waals surface area contributed by atoms with E-state index in [1.54, 1.807) is 19.3 Å². The van der Waals surface area contributed by atoms with Crippen molar-refractivity contribution in [3.05, 3.63) is 94.5 Å². The summed E-state index contributed by atoms with van der Waals surface area (Å²) in [6, 6.07) is 9.03. The molecule has 6 rings (SSSR count). The smallest absolute Gasteiger partial charge is 0.270 e. The minimum atomic E-state index is -1.27. The number of hydrogen-bond acceptors (Lipinski definition) is 5. The summed E-state index contributed by atoms with van der Waals surface area (Å²) in [6.07, 6.45) is 8.12. The molecule has 2 aromatic heterocycles. The molecule has 2 atom stereocenters. The lowest BCUT2D eigenvalue weighted by Gasteiger charge is -2.33. The second-order valence-corrected chi connectivity index (χ2v) is 11.9. The zero-order chi connectivity index (χ0) is 28.4. The molecule has 4 heterocycles. The van der Waals surface area contributed by atoms with Gasteiger partial charge in [-0.05, 0) is 48.7 Å². The molecule has 0 radical (unpaired) electrons. The molecule has 2 aliphatic heterocycles. The molecule has 1 aliphatic carbocycles. The molecule has 2 amide bonds. The van der Waals surface area contributed by atoms with Crippen LogP contribution in [0.5, 0.6) is 0 Å². The van der Waals surface area contributed by atoms with Gasteiger partial charge in [-0.1, -0.05) is 39.0 Å². The van der Waals surface area contributed by atoms with Crippen LogP contribution in [-0.4, -0.2) is 38.9 Å². The number of amides is 2. The summed E-state index contributed by atoms with van der Waals surface area (Å²) in [5, 5.41) is 2.90. The van der Waals surface area contributed by atoms with Gasteiger partial charge in [0.05, 0.1) is 5.41 Å². The van der Waals surface area contributed by atoms with E-state index in [0.717, 1.165) is 28.5 Å². The Balaban J connectivity index is 1.27. The van der Waals surface area contributed by atoms with E-state index < -0.39 is 28.1 Å². The predicted molar refractivity (Wildman–Crippen MR) is 148 cm³/mol. The maximum atomic E-state index is 14.2. The largest absolute Gasteiger partial charge is 0.310 e. The quantitative estimate of drug-likeness (QED) is 0.506. The van der Waals surface area contributed by atoms with Crippen molar-refractivity contribution in [2.45, 2.75) is 51.6 Å². The molecule has 0 saturated heterocycles. The summed E-state index contributed by atoms with van der Waals surface area (Å²) in [5.41, 5.74) is 1.67. The van der Waals surface area contributed by atoms with Gasteiger partial charge in [0.15, 0.2) is 5.66 Å². The van der Waals surface area contributed by atoms with Crippen molar-refractivity contribution < 1.29 is 18.4 Å². The van der Waals surface area contributed by atoms with Crippen LogP contribution < -0.4 is 5.32 Å². The van der Waals surface area contributed by atoms with Crippen LogP contribution in [0.15, 0.2) is 59.9 Å². The van der Waals surface area contributed by atoms with Crippen molar-refractivity contribution in [3.63, 3.8) is 0 Å². The van der Waals surface area contributed by atoms with E-state index in [4.69, 9.17) is 4.99 Å². The normalized spacial score (nSPS) is 23.6. The number of nitrogens with zero attached hydrogens (tertiary/aromatic N) is 4. The number of hydrogen-bond donors (Lipinski definition) is 1. The molecule has 0 bridgehead atoms. The molecule has 9 heteroatoms. The Kier molecular flexibility index (Phi) is 5.76. The third kappa shape index (κ3) is 4.03. The highest BCUT2D eigenvalue weighted by molar-refractivity contribution is 6.42. The molecule has 1 N–H and O–H groups in total. The first kappa shape index (κ1) is 26.0. The Morgan fingerprint density at radius 2 is 1.82 bits per heavy atom. The molecule has 7 nitrogen and oxygen atoms in total. The van der Waals surface area contributed by atoms with Crippen LogP contribution in [0.25, 0.3) is 6.08 Å². The van der Waals surface area contributed by atoms with E-state index in [0.29, 0.717) is 24.4 Å². The van der Waals surface area contributed by atoms with Crippen LogP contribution in [0.1, 0.15) is 55.6 Å². The third-order valence-corrected chi connectivity index (χ3v) is 8.05. The molecule has 0 fully saturated rings. The first-order chi connectivity index (χ1) is 18.9. The van der Waals surface area contributed by atoms with E-state index in [9.17, 15) is 18.4 Å². The number of aliphatic imine (C=N–C) groups is 1. The molecule has 0 saturated carbocycles. The van der Waals surface area contributed by atoms with Gasteiger partial charge < -0.3 is 10.2 Å². The number of carbonyl (C=O) groups excluding carboxylic acids is 2. The van der Waals surface area contributed by atoms with Gasteiger partial charge in [-0.3, -0.25) is 19.6 Å². The fraction of sp³-hybridized carbons (Fsp3) is 0.323. The van der Waals surface area contributed by atoms with Gasteiger partial charge in [-0.2, -0.15) is 0 Å². The van der Waals surface area contributed by atoms with E-state index in [2.05, 4.69) is 15.3 Å². The Hall–Kier alpha value is -4.27. The summed E-state index contributed by atoms with van der Waals surface area (Å²) < 4.78 is 28.3. The summed E-state index contributed by atoms with van der Waals surface area (Å²) in [7, 11) is 0. The Morgan fingerprint density at radius 1 is 1.07 bits per heavy atom. The van der Waals surface area contributed by atoms with Gasteiger partial charge in [-0.15, -0.1) is 0 Å². The predicted octanol–water partition coefficient (Wildman–Crippen LogP) is 4.96. The third-order valence-electron chi connectivity index (χ3n) is 8.05. The standard InChI is InChI=1S/C31H29F2N5O2/c1-29(2,3)25-27(39)38(30(4,37-25)20-12-21(32)14-22(33)13-20)10-6-7-18-11-19-15-31(16-24(19)35-17-18)23-8-5-9-34-26(23)36-28(31)40/h5-9,11-14,17H,10,15-16H2,1-4H3,(H,34,36,40)/t30-,31?/m1/s1. The van der Waals surface area contributed by atoms with Crippen LogP contribution in [0.2, 0.25) is 0 Å². The van der Waals surface area contributed by atoms with Crippen LogP contribution in [0, 0.1) is 17.0 Å². The van der Waals surface area contributed by atoms with Gasteiger partial charge >= 0.3 is 0 Å². The molecule has 1 aromatic carbocycles. The van der Waals surface area contributed by atoms with Crippen LogP contribution in [0.4, 0.5) is 14.6 Å². The summed E-state index contributed by atoms with van der Waals surface area (Å²) in [4.78, 5) is 41.7.